The number of ether oxygens (including phenoxy) is 1. The van der Waals surface area contributed by atoms with Gasteiger partial charge in [0, 0.05) is 12.8 Å². The summed E-state index contributed by atoms with van der Waals surface area (Å²) in [7, 11) is 0. The molecular formula is C10H16F2O3. The van der Waals surface area contributed by atoms with Crippen molar-refractivity contribution in [1.82, 2.24) is 0 Å². The summed E-state index contributed by atoms with van der Waals surface area (Å²) in [6, 6.07) is 0. The molecule has 0 aromatic heterocycles. The molecule has 5 heteroatoms. The van der Waals surface area contributed by atoms with E-state index in [1.807, 2.05) is 0 Å². The van der Waals surface area contributed by atoms with Gasteiger partial charge in [-0.05, 0) is 26.7 Å². The lowest BCUT2D eigenvalue weighted by Gasteiger charge is -2.13. The standard InChI is InChI=1S/C10H16F2O3/c1-3-15-9(14)10(11,12)7-5-4-6-8(2)13/h3-7H2,1-2H3. The second-order valence-corrected chi connectivity index (χ2v) is 3.33. The summed E-state index contributed by atoms with van der Waals surface area (Å²) in [6.45, 7) is 2.83. The maximum atomic E-state index is 13.0. The number of esters is 1. The number of rotatable bonds is 7. The third kappa shape index (κ3) is 6.14. The van der Waals surface area contributed by atoms with Crippen molar-refractivity contribution in [2.24, 2.45) is 0 Å². The molecule has 0 saturated carbocycles. The molecule has 0 aromatic rings. The summed E-state index contributed by atoms with van der Waals surface area (Å²) >= 11 is 0. The molecule has 0 spiro atoms. The third-order valence-corrected chi connectivity index (χ3v) is 1.84. The second-order valence-electron chi connectivity index (χ2n) is 3.33. The van der Waals surface area contributed by atoms with Gasteiger partial charge in [0.25, 0.3) is 0 Å². The van der Waals surface area contributed by atoms with Gasteiger partial charge in [-0.25, -0.2) is 4.79 Å². The van der Waals surface area contributed by atoms with Crippen molar-refractivity contribution in [2.45, 2.75) is 45.5 Å². The number of carbonyl (C=O) groups is 2. The number of carbonyl (C=O) groups excluding carboxylic acids is 2. The van der Waals surface area contributed by atoms with Crippen LogP contribution in [0.25, 0.3) is 0 Å². The average molecular weight is 222 g/mol. The predicted octanol–water partition coefficient (Wildman–Crippen LogP) is 2.33. The maximum Gasteiger partial charge on any atom is 0.376 e. The van der Waals surface area contributed by atoms with Gasteiger partial charge in [0.15, 0.2) is 0 Å². The lowest BCUT2D eigenvalue weighted by Crippen LogP contribution is -2.30. The molecule has 0 aromatic carbocycles. The Bertz CT molecular complexity index is 227. The van der Waals surface area contributed by atoms with Gasteiger partial charge in [0.1, 0.15) is 5.78 Å². The first-order chi connectivity index (χ1) is 6.90. The number of halogens is 2. The normalized spacial score (nSPS) is 11.2. The molecule has 0 unspecified atom stereocenters. The molecule has 0 amide bonds. The van der Waals surface area contributed by atoms with Gasteiger partial charge in [0.2, 0.25) is 0 Å². The van der Waals surface area contributed by atoms with Crippen LogP contribution in [0.5, 0.6) is 0 Å². The SMILES string of the molecule is CCOC(=O)C(F)(F)CCCCC(C)=O. The molecule has 0 saturated heterocycles. The first kappa shape index (κ1) is 14.0. The molecule has 0 heterocycles. The Morgan fingerprint density at radius 3 is 2.33 bits per heavy atom. The zero-order chi connectivity index (χ0) is 11.9. The number of hydrogen-bond acceptors (Lipinski definition) is 3. The minimum atomic E-state index is -3.42. The fraction of sp³-hybridized carbons (Fsp3) is 0.800. The van der Waals surface area contributed by atoms with Crippen LogP contribution in [0.15, 0.2) is 0 Å². The van der Waals surface area contributed by atoms with E-state index in [4.69, 9.17) is 0 Å². The molecule has 15 heavy (non-hydrogen) atoms. The fourth-order valence-electron chi connectivity index (χ4n) is 1.06. The molecule has 0 aliphatic heterocycles. The summed E-state index contributed by atoms with van der Waals surface area (Å²) in [5, 5.41) is 0. The van der Waals surface area contributed by atoms with Crippen LogP contribution in [0, 0.1) is 0 Å². The summed E-state index contributed by atoms with van der Waals surface area (Å²) in [5.41, 5.74) is 0. The summed E-state index contributed by atoms with van der Waals surface area (Å²) in [6.07, 6.45) is 0.244. The highest BCUT2D eigenvalue weighted by Gasteiger charge is 2.39. The molecule has 0 bridgehead atoms. The van der Waals surface area contributed by atoms with E-state index in [9.17, 15) is 18.4 Å². The van der Waals surface area contributed by atoms with Crippen LogP contribution in [0.2, 0.25) is 0 Å². The minimum absolute atomic E-state index is 0.0329. The van der Waals surface area contributed by atoms with E-state index in [2.05, 4.69) is 4.74 Å². The molecular weight excluding hydrogens is 206 g/mol. The summed E-state index contributed by atoms with van der Waals surface area (Å²) < 4.78 is 30.2. The largest absolute Gasteiger partial charge is 0.462 e. The van der Waals surface area contributed by atoms with Crippen molar-refractivity contribution in [3.63, 3.8) is 0 Å². The first-order valence-electron chi connectivity index (χ1n) is 4.94. The Labute approximate surface area is 87.8 Å². The Morgan fingerprint density at radius 2 is 1.87 bits per heavy atom. The van der Waals surface area contributed by atoms with Crippen LogP contribution < -0.4 is 0 Å². The molecule has 0 fully saturated rings. The number of alkyl halides is 2. The van der Waals surface area contributed by atoms with Crippen LogP contribution >= 0.6 is 0 Å². The van der Waals surface area contributed by atoms with E-state index >= 15 is 0 Å². The van der Waals surface area contributed by atoms with Gasteiger partial charge < -0.3 is 9.53 Å². The van der Waals surface area contributed by atoms with Gasteiger partial charge >= 0.3 is 11.9 Å². The van der Waals surface area contributed by atoms with Crippen molar-refractivity contribution in [3.05, 3.63) is 0 Å². The monoisotopic (exact) mass is 222 g/mol. The quantitative estimate of drug-likeness (QED) is 0.490. The number of Topliss-reactive ketones (excluding diaryl/α,β-unsaturated/α-hetero) is 1. The maximum absolute atomic E-state index is 13.0. The molecule has 0 aliphatic rings. The van der Waals surface area contributed by atoms with Gasteiger partial charge in [-0.3, -0.25) is 0 Å². The Morgan fingerprint density at radius 1 is 1.27 bits per heavy atom. The molecule has 3 nitrogen and oxygen atoms in total. The van der Waals surface area contributed by atoms with Crippen molar-refractivity contribution >= 4 is 11.8 Å². The third-order valence-electron chi connectivity index (χ3n) is 1.84. The fourth-order valence-corrected chi connectivity index (χ4v) is 1.06. The highest BCUT2D eigenvalue weighted by atomic mass is 19.3. The first-order valence-corrected chi connectivity index (χ1v) is 4.94. The highest BCUT2D eigenvalue weighted by Crippen LogP contribution is 2.23. The van der Waals surface area contributed by atoms with Crippen LogP contribution in [-0.2, 0) is 14.3 Å². The molecule has 0 radical (unpaired) electrons. The number of ketones is 1. The van der Waals surface area contributed by atoms with E-state index in [0.29, 0.717) is 6.42 Å². The van der Waals surface area contributed by atoms with E-state index in [-0.39, 0.29) is 25.2 Å². The van der Waals surface area contributed by atoms with Crippen molar-refractivity contribution < 1.29 is 23.1 Å². The van der Waals surface area contributed by atoms with Crippen LogP contribution in [0.4, 0.5) is 8.78 Å². The second kappa shape index (κ2) is 6.48. The van der Waals surface area contributed by atoms with Crippen molar-refractivity contribution in [1.29, 1.82) is 0 Å². The summed E-state index contributed by atoms with van der Waals surface area (Å²) in [4.78, 5) is 21.3. The molecule has 0 atom stereocenters. The van der Waals surface area contributed by atoms with Crippen molar-refractivity contribution in [3.8, 4) is 0 Å². The van der Waals surface area contributed by atoms with Gasteiger partial charge in [-0.15, -0.1) is 0 Å². The van der Waals surface area contributed by atoms with E-state index in [1.165, 1.54) is 13.8 Å². The molecule has 0 N–H and O–H groups in total. The topological polar surface area (TPSA) is 43.4 Å². The van der Waals surface area contributed by atoms with Gasteiger partial charge in [-0.1, -0.05) is 0 Å². The molecule has 0 aliphatic carbocycles. The van der Waals surface area contributed by atoms with Gasteiger partial charge in [0.05, 0.1) is 6.61 Å². The molecule has 0 rings (SSSR count). The predicted molar refractivity (Wildman–Crippen MR) is 50.7 cm³/mol. The zero-order valence-electron chi connectivity index (χ0n) is 9.02. The van der Waals surface area contributed by atoms with E-state index < -0.39 is 18.3 Å². The molecule has 88 valence electrons. The minimum Gasteiger partial charge on any atom is -0.462 e. The lowest BCUT2D eigenvalue weighted by atomic mass is 10.1. The van der Waals surface area contributed by atoms with E-state index in [1.54, 1.807) is 0 Å². The Balaban J connectivity index is 3.82. The van der Waals surface area contributed by atoms with Crippen LogP contribution in [0.1, 0.15) is 39.5 Å². The van der Waals surface area contributed by atoms with Crippen LogP contribution in [0.3, 0.4) is 0 Å². The Kier molecular flexibility index (Phi) is 6.05. The highest BCUT2D eigenvalue weighted by molar-refractivity contribution is 5.77. The lowest BCUT2D eigenvalue weighted by molar-refractivity contribution is -0.172. The average Bonchev–Trinajstić information content (AvgIpc) is 2.12. The smallest absolute Gasteiger partial charge is 0.376 e. The number of unbranched alkanes of at least 4 members (excludes halogenated alkanes) is 1. The number of hydrogen-bond donors (Lipinski definition) is 0. The summed E-state index contributed by atoms with van der Waals surface area (Å²) in [5.74, 6) is -4.94. The van der Waals surface area contributed by atoms with Crippen LogP contribution in [-0.4, -0.2) is 24.3 Å². The van der Waals surface area contributed by atoms with Crippen molar-refractivity contribution in [2.75, 3.05) is 6.61 Å². The van der Waals surface area contributed by atoms with E-state index in [0.717, 1.165) is 0 Å². The van der Waals surface area contributed by atoms with Gasteiger partial charge in [-0.2, -0.15) is 8.78 Å². The Hall–Kier alpha value is -1.00. The zero-order valence-corrected chi connectivity index (χ0v) is 9.02.